The van der Waals surface area contributed by atoms with Crippen LogP contribution < -0.4 is 10.2 Å². The molecule has 118 valence electrons. The summed E-state index contributed by atoms with van der Waals surface area (Å²) in [7, 11) is 0. The van der Waals surface area contributed by atoms with Crippen LogP contribution in [0.2, 0.25) is 5.02 Å². The van der Waals surface area contributed by atoms with Crippen molar-refractivity contribution in [2.75, 3.05) is 18.0 Å². The van der Waals surface area contributed by atoms with Gasteiger partial charge in [-0.3, -0.25) is 0 Å². The molecule has 1 N–H and O–H groups in total. The van der Waals surface area contributed by atoms with E-state index in [4.69, 9.17) is 11.6 Å². The van der Waals surface area contributed by atoms with Crippen LogP contribution in [0.4, 0.5) is 5.82 Å². The molecule has 0 saturated carbocycles. The van der Waals surface area contributed by atoms with Gasteiger partial charge in [-0.05, 0) is 49.8 Å². The summed E-state index contributed by atoms with van der Waals surface area (Å²) in [4.78, 5) is 6.98. The molecule has 2 atom stereocenters. The standard InChI is InChI=1S/C17H28ClN3/c1-12(2)9-19-10-15-8-16(18)17(20-11-15)21-6-5-13(3)7-14(21)4/h8,11-14,19H,5-7,9-10H2,1-4H3. The SMILES string of the molecule is CC(C)CNCc1cnc(N2CCC(C)CC2C)c(Cl)c1. The summed E-state index contributed by atoms with van der Waals surface area (Å²) in [6, 6.07) is 2.57. The molecule has 0 radical (unpaired) electrons. The number of nitrogens with one attached hydrogen (secondary N) is 1. The molecule has 0 aromatic carbocycles. The van der Waals surface area contributed by atoms with Gasteiger partial charge in [-0.1, -0.05) is 32.4 Å². The Morgan fingerprint density at radius 3 is 2.81 bits per heavy atom. The van der Waals surface area contributed by atoms with Crippen molar-refractivity contribution in [1.82, 2.24) is 10.3 Å². The second-order valence-corrected chi connectivity index (χ2v) is 7.25. The molecule has 1 aliphatic heterocycles. The number of aromatic nitrogens is 1. The third-order valence-corrected chi connectivity index (χ3v) is 4.45. The third kappa shape index (κ3) is 4.58. The number of nitrogens with zero attached hydrogens (tertiary/aromatic N) is 2. The third-order valence-electron chi connectivity index (χ3n) is 4.17. The molecule has 0 aliphatic carbocycles. The highest BCUT2D eigenvalue weighted by atomic mass is 35.5. The highest BCUT2D eigenvalue weighted by Gasteiger charge is 2.25. The lowest BCUT2D eigenvalue weighted by Crippen LogP contribution is -2.40. The van der Waals surface area contributed by atoms with Crippen molar-refractivity contribution in [3.8, 4) is 0 Å². The topological polar surface area (TPSA) is 28.2 Å². The normalized spacial score (nSPS) is 22.9. The predicted molar refractivity (Wildman–Crippen MR) is 91.0 cm³/mol. The lowest BCUT2D eigenvalue weighted by molar-refractivity contribution is 0.376. The van der Waals surface area contributed by atoms with Crippen LogP contribution in [-0.4, -0.2) is 24.1 Å². The first-order valence-electron chi connectivity index (χ1n) is 8.09. The van der Waals surface area contributed by atoms with Crippen LogP contribution in [0.1, 0.15) is 46.1 Å². The van der Waals surface area contributed by atoms with Crippen LogP contribution in [0.25, 0.3) is 0 Å². The van der Waals surface area contributed by atoms with Gasteiger partial charge in [-0.2, -0.15) is 0 Å². The van der Waals surface area contributed by atoms with Crippen LogP contribution in [0, 0.1) is 11.8 Å². The summed E-state index contributed by atoms with van der Waals surface area (Å²) in [5, 5.41) is 4.21. The average molecular weight is 310 g/mol. The zero-order valence-electron chi connectivity index (χ0n) is 13.7. The Bertz CT molecular complexity index is 461. The molecule has 1 fully saturated rings. The maximum Gasteiger partial charge on any atom is 0.147 e. The van der Waals surface area contributed by atoms with Gasteiger partial charge in [0.1, 0.15) is 5.82 Å². The zero-order valence-corrected chi connectivity index (χ0v) is 14.5. The molecule has 1 aliphatic rings. The quantitative estimate of drug-likeness (QED) is 0.887. The first-order chi connectivity index (χ1) is 9.97. The van der Waals surface area contributed by atoms with Gasteiger partial charge in [0, 0.05) is 25.3 Å². The summed E-state index contributed by atoms with van der Waals surface area (Å²) >= 11 is 6.47. The van der Waals surface area contributed by atoms with Gasteiger partial charge >= 0.3 is 0 Å². The summed E-state index contributed by atoms with van der Waals surface area (Å²) in [6.45, 7) is 11.9. The molecule has 1 aromatic heterocycles. The van der Waals surface area contributed by atoms with E-state index in [0.29, 0.717) is 12.0 Å². The minimum Gasteiger partial charge on any atom is -0.353 e. The number of hydrogen-bond acceptors (Lipinski definition) is 3. The molecule has 0 spiro atoms. The van der Waals surface area contributed by atoms with Crippen LogP contribution in [0.3, 0.4) is 0 Å². The van der Waals surface area contributed by atoms with Gasteiger partial charge in [0.05, 0.1) is 5.02 Å². The van der Waals surface area contributed by atoms with Crippen molar-refractivity contribution < 1.29 is 0 Å². The first-order valence-corrected chi connectivity index (χ1v) is 8.47. The summed E-state index contributed by atoms with van der Waals surface area (Å²) in [5.41, 5.74) is 1.16. The molecule has 0 amide bonds. The van der Waals surface area contributed by atoms with E-state index in [2.05, 4.69) is 49.0 Å². The molecule has 21 heavy (non-hydrogen) atoms. The number of piperidine rings is 1. The Hall–Kier alpha value is -0.800. The largest absolute Gasteiger partial charge is 0.353 e. The van der Waals surface area contributed by atoms with Gasteiger partial charge in [-0.25, -0.2) is 4.98 Å². The number of halogens is 1. The van der Waals surface area contributed by atoms with Crippen molar-refractivity contribution >= 4 is 17.4 Å². The molecule has 4 heteroatoms. The van der Waals surface area contributed by atoms with E-state index in [1.54, 1.807) is 0 Å². The minimum absolute atomic E-state index is 0.517. The Morgan fingerprint density at radius 2 is 2.19 bits per heavy atom. The number of rotatable bonds is 5. The number of anilines is 1. The monoisotopic (exact) mass is 309 g/mol. The molecular weight excluding hydrogens is 282 g/mol. The zero-order chi connectivity index (χ0) is 15.4. The molecule has 1 saturated heterocycles. The van der Waals surface area contributed by atoms with Crippen LogP contribution in [0.15, 0.2) is 12.3 Å². The number of pyridine rings is 1. The van der Waals surface area contributed by atoms with Crippen LogP contribution in [-0.2, 0) is 6.54 Å². The van der Waals surface area contributed by atoms with E-state index >= 15 is 0 Å². The van der Waals surface area contributed by atoms with Crippen molar-refractivity contribution in [3.05, 3.63) is 22.8 Å². The molecular formula is C17H28ClN3. The van der Waals surface area contributed by atoms with Gasteiger partial charge in [0.15, 0.2) is 0 Å². The van der Waals surface area contributed by atoms with Crippen molar-refractivity contribution in [2.45, 2.75) is 53.1 Å². The predicted octanol–water partition coefficient (Wildman–Crippen LogP) is 4.11. The van der Waals surface area contributed by atoms with Crippen molar-refractivity contribution in [2.24, 2.45) is 11.8 Å². The van der Waals surface area contributed by atoms with E-state index < -0.39 is 0 Å². The lowest BCUT2D eigenvalue weighted by atomic mass is 9.93. The van der Waals surface area contributed by atoms with Crippen LogP contribution in [0.5, 0.6) is 0 Å². The van der Waals surface area contributed by atoms with E-state index in [9.17, 15) is 0 Å². The van der Waals surface area contributed by atoms with E-state index in [-0.39, 0.29) is 0 Å². The smallest absolute Gasteiger partial charge is 0.147 e. The Labute approximate surface area is 134 Å². The van der Waals surface area contributed by atoms with Gasteiger partial charge in [0.25, 0.3) is 0 Å². The maximum atomic E-state index is 6.47. The van der Waals surface area contributed by atoms with Gasteiger partial charge in [0.2, 0.25) is 0 Å². The molecule has 3 nitrogen and oxygen atoms in total. The lowest BCUT2D eigenvalue weighted by Gasteiger charge is -2.37. The van der Waals surface area contributed by atoms with Crippen LogP contribution >= 0.6 is 11.6 Å². The van der Waals surface area contributed by atoms with Crippen molar-refractivity contribution in [1.29, 1.82) is 0 Å². The summed E-state index contributed by atoms with van der Waals surface area (Å²) < 4.78 is 0. The van der Waals surface area contributed by atoms with Crippen molar-refractivity contribution in [3.63, 3.8) is 0 Å². The average Bonchev–Trinajstić information content (AvgIpc) is 2.39. The molecule has 1 aromatic rings. The van der Waals surface area contributed by atoms with E-state index in [1.807, 2.05) is 6.20 Å². The molecule has 2 rings (SSSR count). The maximum absolute atomic E-state index is 6.47. The molecule has 2 heterocycles. The second kappa shape index (κ2) is 7.46. The Morgan fingerprint density at radius 1 is 1.43 bits per heavy atom. The molecule has 0 bridgehead atoms. The fourth-order valence-corrected chi connectivity index (χ4v) is 3.30. The minimum atomic E-state index is 0.517. The van der Waals surface area contributed by atoms with Gasteiger partial charge < -0.3 is 10.2 Å². The van der Waals surface area contributed by atoms with E-state index in [1.165, 1.54) is 12.8 Å². The Balaban J connectivity index is 2.02. The Kier molecular flexibility index (Phi) is 5.88. The summed E-state index contributed by atoms with van der Waals surface area (Å²) in [6.07, 6.45) is 4.40. The fraction of sp³-hybridized carbons (Fsp3) is 0.706. The molecule has 2 unspecified atom stereocenters. The number of hydrogen-bond donors (Lipinski definition) is 1. The highest BCUT2D eigenvalue weighted by Crippen LogP contribution is 2.31. The first kappa shape index (κ1) is 16.6. The van der Waals surface area contributed by atoms with E-state index in [0.717, 1.165) is 42.0 Å². The van der Waals surface area contributed by atoms with Gasteiger partial charge in [-0.15, -0.1) is 0 Å². The second-order valence-electron chi connectivity index (χ2n) is 6.85. The highest BCUT2D eigenvalue weighted by molar-refractivity contribution is 6.33. The summed E-state index contributed by atoms with van der Waals surface area (Å²) in [5.74, 6) is 2.40. The fourth-order valence-electron chi connectivity index (χ4n) is 3.01.